The molecule has 0 aliphatic rings. The molecule has 1 unspecified atom stereocenters. The summed E-state index contributed by atoms with van der Waals surface area (Å²) in [6, 6.07) is 5.27. The number of hydrogen-bond acceptors (Lipinski definition) is 1. The van der Waals surface area contributed by atoms with Crippen molar-refractivity contribution in [3.63, 3.8) is 0 Å². The number of rotatable bonds is 3. The summed E-state index contributed by atoms with van der Waals surface area (Å²) in [5.41, 5.74) is 4.35. The van der Waals surface area contributed by atoms with Gasteiger partial charge in [0, 0.05) is 18.2 Å². The van der Waals surface area contributed by atoms with Gasteiger partial charge in [0.05, 0.1) is 5.69 Å². The average molecular weight is 293 g/mol. The minimum atomic E-state index is -1.19. The summed E-state index contributed by atoms with van der Waals surface area (Å²) in [6.45, 7) is 7.86. The predicted molar refractivity (Wildman–Crippen MR) is 79.0 cm³/mol. The van der Waals surface area contributed by atoms with Gasteiger partial charge in [-0.25, -0.2) is 13.2 Å². The van der Waals surface area contributed by atoms with Crippen LogP contribution in [0.25, 0.3) is 0 Å². The van der Waals surface area contributed by atoms with Crippen molar-refractivity contribution in [2.75, 3.05) is 5.32 Å². The Hall–Kier alpha value is -1.97. The van der Waals surface area contributed by atoms with Crippen molar-refractivity contribution in [1.29, 1.82) is 0 Å². The first-order chi connectivity index (χ1) is 9.79. The van der Waals surface area contributed by atoms with E-state index in [-0.39, 0.29) is 11.7 Å². The van der Waals surface area contributed by atoms with Crippen LogP contribution in [-0.4, -0.2) is 0 Å². The molecule has 0 saturated heterocycles. The Balaban J connectivity index is 2.32. The molecule has 0 heterocycles. The maximum absolute atomic E-state index is 13.7. The molecule has 2 aromatic carbocycles. The molecule has 0 fully saturated rings. The summed E-state index contributed by atoms with van der Waals surface area (Å²) in [4.78, 5) is 0. The van der Waals surface area contributed by atoms with Gasteiger partial charge >= 0.3 is 0 Å². The zero-order valence-electron chi connectivity index (χ0n) is 12.5. The van der Waals surface area contributed by atoms with Crippen molar-refractivity contribution in [2.24, 2.45) is 0 Å². The van der Waals surface area contributed by atoms with Gasteiger partial charge in [0.25, 0.3) is 0 Å². The fraction of sp³-hybridized carbons (Fsp3) is 0.294. The van der Waals surface area contributed by atoms with E-state index in [1.54, 1.807) is 0 Å². The second-order valence-corrected chi connectivity index (χ2v) is 5.41. The van der Waals surface area contributed by atoms with Crippen LogP contribution in [0.1, 0.15) is 35.2 Å². The first-order valence-electron chi connectivity index (χ1n) is 6.78. The van der Waals surface area contributed by atoms with Crippen LogP contribution >= 0.6 is 0 Å². The lowest BCUT2D eigenvalue weighted by atomic mass is 9.96. The number of halogens is 3. The molecule has 0 aliphatic heterocycles. The average Bonchev–Trinajstić information content (AvgIpc) is 2.40. The van der Waals surface area contributed by atoms with Crippen LogP contribution in [0.2, 0.25) is 0 Å². The molecule has 0 spiro atoms. The van der Waals surface area contributed by atoms with Crippen molar-refractivity contribution in [3.05, 3.63) is 64.0 Å². The van der Waals surface area contributed by atoms with Crippen LogP contribution in [-0.2, 0) is 0 Å². The van der Waals surface area contributed by atoms with Crippen LogP contribution in [0.4, 0.5) is 18.9 Å². The Labute approximate surface area is 122 Å². The fourth-order valence-electron chi connectivity index (χ4n) is 2.39. The zero-order chi connectivity index (χ0) is 15.7. The van der Waals surface area contributed by atoms with E-state index in [9.17, 15) is 13.2 Å². The van der Waals surface area contributed by atoms with Crippen molar-refractivity contribution in [1.82, 2.24) is 0 Å². The van der Waals surface area contributed by atoms with Gasteiger partial charge < -0.3 is 5.32 Å². The van der Waals surface area contributed by atoms with E-state index in [0.29, 0.717) is 6.07 Å². The molecule has 1 N–H and O–H groups in total. The molecule has 0 amide bonds. The van der Waals surface area contributed by atoms with Crippen LogP contribution in [0.3, 0.4) is 0 Å². The van der Waals surface area contributed by atoms with E-state index < -0.39 is 17.5 Å². The summed E-state index contributed by atoms with van der Waals surface area (Å²) in [5.74, 6) is -3.06. The smallest absolute Gasteiger partial charge is 0.161 e. The van der Waals surface area contributed by atoms with Crippen molar-refractivity contribution < 1.29 is 13.2 Å². The molecule has 4 heteroatoms. The summed E-state index contributed by atoms with van der Waals surface area (Å²) in [7, 11) is 0. The van der Waals surface area contributed by atoms with E-state index in [1.807, 2.05) is 33.8 Å². The van der Waals surface area contributed by atoms with E-state index in [2.05, 4.69) is 11.4 Å². The lowest BCUT2D eigenvalue weighted by Crippen LogP contribution is -2.11. The van der Waals surface area contributed by atoms with Crippen LogP contribution in [0.15, 0.2) is 24.3 Å². The zero-order valence-corrected chi connectivity index (χ0v) is 12.5. The second-order valence-electron chi connectivity index (χ2n) is 5.41. The Morgan fingerprint density at radius 2 is 1.33 bits per heavy atom. The molecule has 0 aromatic heterocycles. The highest BCUT2D eigenvalue weighted by Gasteiger charge is 2.14. The van der Waals surface area contributed by atoms with Gasteiger partial charge in [0.2, 0.25) is 0 Å². The highest BCUT2D eigenvalue weighted by atomic mass is 19.2. The lowest BCUT2D eigenvalue weighted by molar-refractivity contribution is 0.495. The minimum absolute atomic E-state index is 0.0426. The maximum Gasteiger partial charge on any atom is 0.161 e. The van der Waals surface area contributed by atoms with Crippen molar-refractivity contribution in [2.45, 2.75) is 33.7 Å². The van der Waals surface area contributed by atoms with E-state index in [1.165, 1.54) is 5.56 Å². The first kappa shape index (κ1) is 15.4. The largest absolute Gasteiger partial charge is 0.376 e. The number of anilines is 1. The Kier molecular flexibility index (Phi) is 4.26. The molecular weight excluding hydrogens is 275 g/mol. The van der Waals surface area contributed by atoms with Crippen LogP contribution in [0.5, 0.6) is 0 Å². The van der Waals surface area contributed by atoms with E-state index in [4.69, 9.17) is 0 Å². The third-order valence-electron chi connectivity index (χ3n) is 3.73. The quantitative estimate of drug-likeness (QED) is 0.767. The van der Waals surface area contributed by atoms with Gasteiger partial charge in [-0.15, -0.1) is 0 Å². The fourth-order valence-corrected chi connectivity index (χ4v) is 2.39. The Morgan fingerprint density at radius 1 is 0.762 bits per heavy atom. The van der Waals surface area contributed by atoms with Gasteiger partial charge in [-0.3, -0.25) is 0 Å². The normalized spacial score (nSPS) is 12.3. The Morgan fingerprint density at radius 3 is 2.00 bits per heavy atom. The minimum Gasteiger partial charge on any atom is -0.376 e. The number of hydrogen-bond donors (Lipinski definition) is 1. The Bertz CT molecular complexity index is 680. The molecule has 0 radical (unpaired) electrons. The highest BCUT2D eigenvalue weighted by molar-refractivity contribution is 5.49. The summed E-state index contributed by atoms with van der Waals surface area (Å²) < 4.78 is 39.8. The van der Waals surface area contributed by atoms with E-state index in [0.717, 1.165) is 22.8 Å². The summed E-state index contributed by atoms with van der Waals surface area (Å²) in [6.07, 6.45) is 0. The molecule has 0 aliphatic carbocycles. The second kappa shape index (κ2) is 5.80. The molecule has 0 saturated carbocycles. The molecule has 2 rings (SSSR count). The monoisotopic (exact) mass is 293 g/mol. The molecule has 2 aromatic rings. The van der Waals surface area contributed by atoms with Crippen LogP contribution in [0, 0.1) is 38.2 Å². The molecule has 21 heavy (non-hydrogen) atoms. The summed E-state index contributed by atoms with van der Waals surface area (Å²) in [5, 5.41) is 2.90. The first-order valence-corrected chi connectivity index (χ1v) is 6.78. The highest BCUT2D eigenvalue weighted by Crippen LogP contribution is 2.27. The maximum atomic E-state index is 13.7. The van der Waals surface area contributed by atoms with Gasteiger partial charge in [-0.2, -0.15) is 0 Å². The number of nitrogens with one attached hydrogen (secondary N) is 1. The number of aryl methyl sites for hydroxylation is 3. The molecular formula is C17H18F3N. The third-order valence-corrected chi connectivity index (χ3v) is 3.73. The van der Waals surface area contributed by atoms with Gasteiger partial charge in [0.1, 0.15) is 5.82 Å². The van der Waals surface area contributed by atoms with Crippen molar-refractivity contribution in [3.8, 4) is 0 Å². The van der Waals surface area contributed by atoms with Crippen LogP contribution < -0.4 is 5.32 Å². The van der Waals surface area contributed by atoms with Gasteiger partial charge in [-0.1, -0.05) is 12.1 Å². The van der Waals surface area contributed by atoms with Crippen molar-refractivity contribution >= 4 is 5.69 Å². The standard InChI is InChI=1S/C17H18F3N/c1-9-5-11(3)13(6-10(9)2)12(4)21-17-8-15(19)14(18)7-16(17)20/h5-8,12,21H,1-4H3. The topological polar surface area (TPSA) is 12.0 Å². The molecule has 0 bridgehead atoms. The summed E-state index contributed by atoms with van der Waals surface area (Å²) >= 11 is 0. The molecule has 112 valence electrons. The SMILES string of the molecule is Cc1cc(C)c(C(C)Nc2cc(F)c(F)cc2F)cc1C. The molecule has 1 nitrogen and oxygen atoms in total. The molecule has 1 atom stereocenters. The van der Waals surface area contributed by atoms with Gasteiger partial charge in [0.15, 0.2) is 11.6 Å². The lowest BCUT2D eigenvalue weighted by Gasteiger charge is -2.20. The van der Waals surface area contributed by atoms with Gasteiger partial charge in [-0.05, 0) is 49.9 Å². The predicted octanol–water partition coefficient (Wildman–Crippen LogP) is 5.20. The number of benzene rings is 2. The third kappa shape index (κ3) is 3.20. The van der Waals surface area contributed by atoms with E-state index >= 15 is 0 Å².